The van der Waals surface area contributed by atoms with E-state index in [9.17, 15) is 0 Å². The number of pyridine rings is 8. The van der Waals surface area contributed by atoms with E-state index in [4.69, 9.17) is 34.3 Å². The van der Waals surface area contributed by atoms with Crippen molar-refractivity contribution < 1.29 is 4.43 Å². The molecule has 0 aliphatic carbocycles. The molecule has 0 saturated carbocycles. The summed E-state index contributed by atoms with van der Waals surface area (Å²) in [6, 6.07) is 120. The van der Waals surface area contributed by atoms with Gasteiger partial charge in [0.15, 0.2) is 0 Å². The highest BCUT2D eigenvalue weighted by atomic mass is 28.4. The molecule has 0 saturated heterocycles. The van der Waals surface area contributed by atoms with Crippen LogP contribution in [0.3, 0.4) is 0 Å². The van der Waals surface area contributed by atoms with Crippen LogP contribution in [0.15, 0.2) is 352 Å². The Bertz CT molecular complexity index is 10300. The minimum Gasteiger partial charge on any atom is -0.517 e. The van der Waals surface area contributed by atoms with Crippen molar-refractivity contribution in [3.63, 3.8) is 0 Å². The van der Waals surface area contributed by atoms with Crippen LogP contribution >= 0.6 is 0 Å². The first-order valence-electron chi connectivity index (χ1n) is 50.1. The van der Waals surface area contributed by atoms with Crippen LogP contribution in [-0.2, 0) is 48.3 Å². The maximum atomic E-state index is 7.21. The molecule has 5 aliphatic rings. The summed E-state index contributed by atoms with van der Waals surface area (Å²) in [6.45, 7) is 24.6. The van der Waals surface area contributed by atoms with Crippen LogP contribution in [0.25, 0.3) is 186 Å². The Balaban J connectivity index is 0.0000000844. The number of hydrogen-bond donors (Lipinski definition) is 0. The third kappa shape index (κ3) is 12.2. The molecule has 0 bridgehead atoms. The zero-order chi connectivity index (χ0) is 96.1. The molecule has 15 heteroatoms. The van der Waals surface area contributed by atoms with E-state index in [1.54, 1.807) is 0 Å². The monoisotopic (exact) mass is 1860 g/mol. The predicted octanol–water partition coefficient (Wildman–Crippen LogP) is 28.0. The van der Waals surface area contributed by atoms with E-state index in [0.29, 0.717) is 0 Å². The van der Waals surface area contributed by atoms with E-state index >= 15 is 0 Å². The van der Waals surface area contributed by atoms with Gasteiger partial charge in [0.2, 0.25) is 5.88 Å². The molecule has 14 aromatic heterocycles. The maximum absolute atomic E-state index is 7.21. The predicted molar refractivity (Wildman–Crippen MR) is 593 cm³/mol. The van der Waals surface area contributed by atoms with Gasteiger partial charge in [0.05, 0.1) is 67.1 Å². The summed E-state index contributed by atoms with van der Waals surface area (Å²) < 4.78 is 21.4. The van der Waals surface area contributed by atoms with Gasteiger partial charge in [-0.2, -0.15) is 0 Å². The van der Waals surface area contributed by atoms with Gasteiger partial charge in [-0.05, 0) is 177 Å². The second kappa shape index (κ2) is 31.1. The minimum atomic E-state index is -2.80. The largest absolute Gasteiger partial charge is 0.517 e. The Morgan fingerprint density at radius 1 is 0.280 bits per heavy atom. The fourth-order valence-corrected chi connectivity index (χ4v) is 29.7. The Kier molecular flexibility index (Phi) is 18.4. The molecular weight excluding hydrogens is 1760 g/mol. The number of nitrogens with zero attached hydrogens (tertiary/aromatic N) is 13. The maximum Gasteiger partial charge on any atom is 0.350 e. The van der Waals surface area contributed by atoms with Crippen molar-refractivity contribution in [3.8, 4) is 17.0 Å². The number of rotatable bonds is 3. The highest BCUT2D eigenvalue weighted by Crippen LogP contribution is 2.50. The van der Waals surface area contributed by atoms with Crippen LogP contribution in [0, 0.1) is 34.6 Å². The van der Waals surface area contributed by atoms with Gasteiger partial charge in [0.1, 0.15) is 33.9 Å². The highest BCUT2D eigenvalue weighted by molar-refractivity contribution is 7.08. The summed E-state index contributed by atoms with van der Waals surface area (Å²) >= 11 is 0. The van der Waals surface area contributed by atoms with Crippen molar-refractivity contribution in [2.24, 2.45) is 0 Å². The molecule has 0 atom stereocenters. The number of benzene rings is 14. The van der Waals surface area contributed by atoms with Gasteiger partial charge < -0.3 is 4.43 Å². The number of fused-ring (bicyclic) bond motifs is 18. The first-order chi connectivity index (χ1) is 69.8. The Hall–Kier alpha value is -16.8. The van der Waals surface area contributed by atoms with E-state index in [1.807, 2.05) is 12.4 Å². The van der Waals surface area contributed by atoms with Crippen molar-refractivity contribution >= 4 is 199 Å². The van der Waals surface area contributed by atoms with Gasteiger partial charge in [-0.25, -0.2) is 29.9 Å². The second-order valence-electron chi connectivity index (χ2n) is 41.8. The third-order valence-electron chi connectivity index (χ3n) is 32.0. The fraction of sp³-hybridized carbons (Fsp3) is 0.148. The molecule has 0 unspecified atom stereocenters. The van der Waals surface area contributed by atoms with Gasteiger partial charge in [0.25, 0.3) is 0 Å². The SMILES string of the molecule is CC1(C)Cc2cnc3c4ccccc4c4cccc1c4n23.Cc1nc2c3ccccc3c3c(-c4ccccc4)ccc4c3n2c1CC4(C)C.Cc1nc2c3ccccc3c3cccc4c3n2c1CC4(C)C.Cc1nc2c3ccccc3c3cccc4c3n2c1O[Si]4(c1ccccc1)c1ccccc1.Cc1nc2c3ccccc3c3cccc4ccc1n2c43.Cc1nc2c3cnccc3c3cccc4c3n2c1CC4. The summed E-state index contributed by atoms with van der Waals surface area (Å²) in [5.41, 5.74) is 35.0. The van der Waals surface area contributed by atoms with Crippen LogP contribution in [0.4, 0.5) is 0 Å². The van der Waals surface area contributed by atoms with Crippen molar-refractivity contribution in [3.05, 3.63) is 426 Å². The molecule has 19 heterocycles. The minimum absolute atomic E-state index is 0.0870. The van der Waals surface area contributed by atoms with Crippen LogP contribution in [0.2, 0.25) is 0 Å². The number of para-hydroxylation sites is 5. The van der Waals surface area contributed by atoms with Crippen molar-refractivity contribution in [2.75, 3.05) is 0 Å². The summed E-state index contributed by atoms with van der Waals surface area (Å²) in [4.78, 5) is 33.6. The molecule has 14 nitrogen and oxygen atoms in total. The highest BCUT2D eigenvalue weighted by Gasteiger charge is 2.50. The van der Waals surface area contributed by atoms with Crippen LogP contribution in [0.5, 0.6) is 5.88 Å². The van der Waals surface area contributed by atoms with Gasteiger partial charge in [-0.1, -0.05) is 363 Å². The van der Waals surface area contributed by atoms with Gasteiger partial charge >= 0.3 is 8.32 Å². The molecule has 5 aliphatic heterocycles. The van der Waals surface area contributed by atoms with Crippen molar-refractivity contribution in [1.82, 2.24) is 61.3 Å². The summed E-state index contributed by atoms with van der Waals surface area (Å²) in [5.74, 6) is 0.869. The van der Waals surface area contributed by atoms with Gasteiger partial charge in [-0.3, -0.25) is 31.4 Å². The molecule has 688 valence electrons. The molecule has 0 spiro atoms. The number of aryl methyl sites for hydroxylation is 7. The normalized spacial score (nSPS) is 14.7. The lowest BCUT2D eigenvalue weighted by molar-refractivity contribution is 0.504. The summed E-state index contributed by atoms with van der Waals surface area (Å²) in [7, 11) is -2.80. The number of hydrogen-bond acceptors (Lipinski definition) is 8. The molecule has 0 N–H and O–H groups in total. The average molecular weight is 1870 g/mol. The average Bonchev–Trinajstić information content (AvgIpc) is 1.63. The molecule has 0 amide bonds. The lowest BCUT2D eigenvalue weighted by Gasteiger charge is -2.37. The van der Waals surface area contributed by atoms with E-state index in [0.717, 1.165) is 105 Å². The zero-order valence-corrected chi connectivity index (χ0v) is 82.7. The zero-order valence-electron chi connectivity index (χ0n) is 81.7. The van der Waals surface area contributed by atoms with Crippen LogP contribution in [-0.4, -0.2) is 69.6 Å². The first kappa shape index (κ1) is 84.3. The van der Waals surface area contributed by atoms with E-state index < -0.39 is 8.32 Å². The second-order valence-corrected chi connectivity index (χ2v) is 45.1. The first-order valence-corrected chi connectivity index (χ1v) is 52.0. The third-order valence-corrected chi connectivity index (χ3v) is 36.0. The van der Waals surface area contributed by atoms with Crippen molar-refractivity contribution in [1.29, 1.82) is 0 Å². The summed E-state index contributed by atoms with van der Waals surface area (Å²) in [5, 5.41) is 27.8. The molecule has 14 aromatic carbocycles. The van der Waals surface area contributed by atoms with Crippen LogP contribution in [0.1, 0.15) is 115 Å². The Morgan fingerprint density at radius 3 is 1.29 bits per heavy atom. The lowest BCUT2D eigenvalue weighted by Crippen LogP contribution is -2.73. The van der Waals surface area contributed by atoms with Gasteiger partial charge in [-0.15, -0.1) is 0 Å². The number of imidazole rings is 6. The van der Waals surface area contributed by atoms with E-state index in [2.05, 4.69) is 447 Å². The quantitative estimate of drug-likeness (QED) is 0.0973. The summed E-state index contributed by atoms with van der Waals surface area (Å²) in [6.07, 6.45) is 11.1. The Labute approximate surface area is 826 Å². The smallest absolute Gasteiger partial charge is 0.350 e. The fourth-order valence-electron chi connectivity index (χ4n) is 25.6. The van der Waals surface area contributed by atoms with Crippen LogP contribution < -0.4 is 20.0 Å². The Morgan fingerprint density at radius 2 is 0.699 bits per heavy atom. The van der Waals surface area contributed by atoms with E-state index in [1.165, 1.54) is 208 Å². The molecule has 0 fully saturated rings. The molecule has 143 heavy (non-hydrogen) atoms. The molecular formula is C128H101N13OSi. The molecule has 33 rings (SSSR count). The standard InChI is InChI=1S/C28H20N2OSi.C26H22N2.C20H18N2.C19H16N2.C18H12N2.C17H13N3/c1-19-28-30-26-23(22-15-8-9-16-24(22)27(30)29-19)17-10-18-25(26)32(31-28,20-11-4-2-5-12-20)21-13-6-3-7-14-21;1-16-22-15-26(2,3)21-14-13-18(17-9-5-4-6-10-17)23-19-11-7-8-12-20(19)25(27-16)28(22)24(21)23;1-12-17-11-20(2,3)16-10-6-9-14-13-7-4-5-8-15(13)19(21-12)22(17)18(14)16;1-19(2)10-12-11-20-18-15-7-4-3-6-13(15)14-8-5-9-16(19)17(14)21(12)18;1-11-16-10-9-12-5-4-8-14-13-6-2-3-7-15(13)18(19-11)20(16)17(12)14;1-10-15-6-5-11-3-2-4-13-12-7-8-18-9-14(12)17(19-10)20(15)16(11)13/h2-18H,1H3;4-14H,15H2,1-3H3;4-10H,11H2,1-3H3;3-9,11H,10H2,1-2H3;2-10H,1H3;2-4,7-9H,5-6H2,1H3. The van der Waals surface area contributed by atoms with Crippen molar-refractivity contribution in [2.45, 2.75) is 125 Å². The lowest BCUT2D eigenvalue weighted by atomic mass is 9.76. The van der Waals surface area contributed by atoms with Gasteiger partial charge in [0, 0.05) is 111 Å². The van der Waals surface area contributed by atoms with E-state index in [-0.39, 0.29) is 16.2 Å². The molecule has 28 aromatic rings. The molecule has 0 radical (unpaired) electrons. The number of aromatic nitrogens is 13. The topological polar surface area (TPSA) is 126 Å².